The van der Waals surface area contributed by atoms with Gasteiger partial charge in [-0.3, -0.25) is 9.69 Å². The summed E-state index contributed by atoms with van der Waals surface area (Å²) in [5.41, 5.74) is 0.458. The topological polar surface area (TPSA) is 170 Å². The second-order valence-corrected chi connectivity index (χ2v) is 47.4. The van der Waals surface area contributed by atoms with E-state index in [9.17, 15) is 14.4 Å². The normalized spacial score (nSPS) is 33.5. The Hall–Kier alpha value is -4.75. The quantitative estimate of drug-likeness (QED) is 0.0712. The molecule has 1 amide bonds. The van der Waals surface area contributed by atoms with Gasteiger partial charge in [-0.05, 0) is 146 Å². The Kier molecular flexibility index (Phi) is 24.3. The molecule has 0 aromatic heterocycles. The number of hydrogen-bond donors (Lipinski definition) is 2. The first-order valence-corrected chi connectivity index (χ1v) is 45.9. The average molecular weight is 1480 g/mol. The van der Waals surface area contributed by atoms with Gasteiger partial charge in [0, 0.05) is 63.4 Å². The van der Waals surface area contributed by atoms with Crippen molar-refractivity contribution in [1.82, 2.24) is 4.90 Å². The summed E-state index contributed by atoms with van der Waals surface area (Å²) in [6.07, 6.45) is 5.63. The van der Waals surface area contributed by atoms with Gasteiger partial charge in [0.1, 0.15) is 17.1 Å². The van der Waals surface area contributed by atoms with Crippen LogP contribution in [0.5, 0.6) is 0 Å². The Morgan fingerprint density at radius 1 is 0.606 bits per heavy atom. The van der Waals surface area contributed by atoms with Gasteiger partial charge in [-0.1, -0.05) is 202 Å². The van der Waals surface area contributed by atoms with Gasteiger partial charge in [0.25, 0.3) is 16.6 Å². The number of nitrogens with zero attached hydrogens (tertiary/aromatic N) is 1. The number of amides is 1. The molecule has 7 saturated heterocycles. The number of fused-ring (bicyclic) bond motifs is 7. The van der Waals surface area contributed by atoms with Gasteiger partial charge in [-0.2, -0.15) is 0 Å². The Morgan fingerprint density at radius 3 is 1.69 bits per heavy atom. The van der Waals surface area contributed by atoms with Crippen molar-refractivity contribution in [3.05, 3.63) is 158 Å². The molecule has 18 heteroatoms. The summed E-state index contributed by atoms with van der Waals surface area (Å²) in [5.74, 6) is -0.681. The third kappa shape index (κ3) is 16.4. The molecule has 12 rings (SSSR count). The summed E-state index contributed by atoms with van der Waals surface area (Å²) >= 11 is 0. The van der Waals surface area contributed by atoms with Crippen LogP contribution in [0.15, 0.2) is 158 Å². The maximum atomic E-state index is 15.6. The van der Waals surface area contributed by atoms with Crippen molar-refractivity contribution >= 4 is 57.6 Å². The molecule has 19 atom stereocenters. The third-order valence-corrected chi connectivity index (χ3v) is 39.3. The van der Waals surface area contributed by atoms with Gasteiger partial charge in [0.15, 0.2) is 8.32 Å². The molecule has 0 radical (unpaired) electrons. The minimum atomic E-state index is -3.68. The highest BCUT2D eigenvalue weighted by Crippen LogP contribution is 2.56. The average Bonchev–Trinajstić information content (AvgIpc) is 1.48. The molecule has 8 aliphatic rings. The van der Waals surface area contributed by atoms with Crippen molar-refractivity contribution in [2.24, 2.45) is 23.7 Å². The van der Waals surface area contributed by atoms with Crippen LogP contribution in [0.1, 0.15) is 173 Å². The zero-order valence-electron chi connectivity index (χ0n) is 64.8. The van der Waals surface area contributed by atoms with Gasteiger partial charge in [-0.15, -0.1) is 0 Å². The third-order valence-electron chi connectivity index (χ3n) is 25.7. The van der Waals surface area contributed by atoms with Crippen molar-refractivity contribution in [2.75, 3.05) is 13.7 Å². The minimum Gasteiger partial charge on any atom is -0.444 e. The van der Waals surface area contributed by atoms with E-state index in [1.165, 1.54) is 0 Å². The SMILES string of the molecule is C=C1C2C[C@@H]3O[C@H](C[C@H]4CN(C(=O)OC(C)(C)C)C(C)(C)O4)[C@H](OC)[C@H]3CC(=O)CC3CC[C@@H]4O[C@H]5[C@@H](CC(C)(C)[Si](O)(c6ccccc6)c6ccccc6)[C@@H](CC(O[Si](CC)(CC)CC)/C=C/C6CC(=C)[C@H](CC[C@@H](C[C@H]1C)O2)O6)O[C@H]5[C@@H](CC(C)(C)[Si](O)(c1ccccc1)c1ccccc1)[C@H]4O3. The van der Waals surface area contributed by atoms with E-state index in [1.807, 2.05) is 107 Å². The van der Waals surface area contributed by atoms with Crippen LogP contribution in [0.3, 0.4) is 0 Å². The molecule has 104 heavy (non-hydrogen) atoms. The summed E-state index contributed by atoms with van der Waals surface area (Å²) in [6.45, 7) is 37.2. The number of methoxy groups -OCH3 is 1. The van der Waals surface area contributed by atoms with Crippen LogP contribution in [0, 0.1) is 23.7 Å². The lowest BCUT2D eigenvalue weighted by atomic mass is 9.74. The fourth-order valence-electron chi connectivity index (χ4n) is 19.8. The molecule has 4 unspecified atom stereocenters. The van der Waals surface area contributed by atoms with Gasteiger partial charge < -0.3 is 56.6 Å². The Morgan fingerprint density at radius 2 is 1.14 bits per heavy atom. The molecule has 568 valence electrons. The summed E-state index contributed by atoms with van der Waals surface area (Å²) in [6, 6.07) is 44.1. The molecule has 0 saturated carbocycles. The molecule has 4 aromatic carbocycles. The van der Waals surface area contributed by atoms with E-state index in [2.05, 4.69) is 129 Å². The molecule has 0 spiro atoms. The minimum absolute atomic E-state index is 0.0543. The lowest BCUT2D eigenvalue weighted by Gasteiger charge is -2.52. The molecule has 7 fully saturated rings. The number of rotatable bonds is 18. The maximum Gasteiger partial charge on any atom is 0.412 e. The molecule has 4 aromatic rings. The van der Waals surface area contributed by atoms with Gasteiger partial charge >= 0.3 is 6.09 Å². The summed E-state index contributed by atoms with van der Waals surface area (Å²) in [7, 11) is -7.90. The number of benzene rings is 4. The van der Waals surface area contributed by atoms with Gasteiger partial charge in [0.2, 0.25) is 0 Å². The second-order valence-electron chi connectivity index (χ2n) is 34.8. The predicted octanol–water partition coefficient (Wildman–Crippen LogP) is 14.2. The van der Waals surface area contributed by atoms with Crippen LogP contribution in [0.25, 0.3) is 0 Å². The number of ether oxygens (including phenoxy) is 9. The Bertz CT molecular complexity index is 3500. The van der Waals surface area contributed by atoms with Gasteiger partial charge in [-0.25, -0.2) is 4.79 Å². The van der Waals surface area contributed by atoms with E-state index in [-0.39, 0.29) is 78.9 Å². The Balaban J connectivity index is 0.950. The van der Waals surface area contributed by atoms with Crippen LogP contribution < -0.4 is 20.7 Å². The van der Waals surface area contributed by atoms with Crippen LogP contribution in [0.4, 0.5) is 4.79 Å². The first-order valence-electron chi connectivity index (χ1n) is 39.5. The molecule has 15 nitrogen and oxygen atoms in total. The summed E-state index contributed by atoms with van der Waals surface area (Å²) in [5, 5.41) is 2.32. The molecule has 8 aliphatic heterocycles. The lowest BCUT2D eigenvalue weighted by Crippen LogP contribution is -2.67. The van der Waals surface area contributed by atoms with E-state index in [0.717, 1.165) is 69.3 Å². The van der Waals surface area contributed by atoms with E-state index in [4.69, 9.17) is 47.1 Å². The highest BCUT2D eigenvalue weighted by atomic mass is 28.4. The number of Topliss-reactive ketones (excluding diaryl/α,β-unsaturated/α-hetero) is 1. The molecule has 0 aliphatic carbocycles. The number of ketones is 1. The molecule has 8 bridgehead atoms. The van der Waals surface area contributed by atoms with Crippen molar-refractivity contribution in [3.8, 4) is 0 Å². The summed E-state index contributed by atoms with van der Waals surface area (Å²) < 4.78 is 71.9. The molecule has 8 heterocycles. The fourth-order valence-corrected chi connectivity index (χ4v) is 30.2. The zero-order valence-corrected chi connectivity index (χ0v) is 67.8. The monoisotopic (exact) mass is 1480 g/mol. The van der Waals surface area contributed by atoms with Gasteiger partial charge in [0.05, 0.1) is 98.1 Å². The number of hydrogen-bond acceptors (Lipinski definition) is 14. The molecular formula is C86H123NO14Si3. The predicted molar refractivity (Wildman–Crippen MR) is 417 cm³/mol. The van der Waals surface area contributed by atoms with E-state index >= 15 is 4.79 Å². The first kappa shape index (κ1) is 78.8. The Labute approximate surface area is 624 Å². The smallest absolute Gasteiger partial charge is 0.412 e. The highest BCUT2D eigenvalue weighted by molar-refractivity contribution is 6.99. The van der Waals surface area contributed by atoms with Crippen molar-refractivity contribution in [2.45, 2.75) is 305 Å². The van der Waals surface area contributed by atoms with E-state index in [0.29, 0.717) is 57.9 Å². The van der Waals surface area contributed by atoms with Crippen LogP contribution in [0.2, 0.25) is 28.2 Å². The van der Waals surface area contributed by atoms with Crippen LogP contribution in [-0.2, 0) is 51.9 Å². The molecular weight excluding hydrogens is 1360 g/mol. The van der Waals surface area contributed by atoms with Crippen molar-refractivity contribution < 1.29 is 66.2 Å². The zero-order chi connectivity index (χ0) is 74.3. The summed E-state index contributed by atoms with van der Waals surface area (Å²) in [4.78, 5) is 59.2. The van der Waals surface area contributed by atoms with Crippen molar-refractivity contribution in [3.63, 3.8) is 0 Å². The standard InChI is InChI=1S/C86H123NO14Si3/c1-17-102(18-2,19-3)101-63-41-40-60-47-57(5)72(93-60)44-42-61-46-56(4)58(6)74(94-61)52-76-69(78(92-16)77(96-76)51-64-55-87(86(14,15)99-64)82(89)100-83(7,8)9)49-59(88)48-62-43-45-73-79(95-62)71(54-85(12,13)104(91,67-36-28-22-29-37-67)68-38-30-23-31-39-68)81-80(97-73)70(75(50-63)98-81)53-84(10,11)103(90,65-32-24-20-25-33-65)66-34-26-21-27-35-66/h20-41,56,60-64,69-81,90-91H,5-6,17-19,42-55H2,1-4,7-16H3/b41-40+/t56-,60?,61+,62?,63?,64+,69+,70+,71+,72+,73+,74?,75-,76+,77-,78-,79-,80+,81+/m1/s1. The molecule has 2 N–H and O–H groups in total. The maximum absolute atomic E-state index is 15.6. The first-order chi connectivity index (χ1) is 49.4. The number of carbonyl (C=O) groups is 2. The van der Waals surface area contributed by atoms with E-state index < -0.39 is 107 Å². The highest BCUT2D eigenvalue weighted by Gasteiger charge is 2.63. The second kappa shape index (κ2) is 32.1. The lowest BCUT2D eigenvalue weighted by molar-refractivity contribution is -0.242. The van der Waals surface area contributed by atoms with Crippen LogP contribution >= 0.6 is 0 Å². The van der Waals surface area contributed by atoms with Crippen molar-refractivity contribution in [1.29, 1.82) is 0 Å². The number of carbonyl (C=O) groups excluding carboxylic acids is 2. The fraction of sp³-hybridized carbons (Fsp3) is 0.628. The largest absolute Gasteiger partial charge is 0.444 e. The van der Waals surface area contributed by atoms with Crippen LogP contribution in [-0.4, -0.2) is 168 Å². The van der Waals surface area contributed by atoms with E-state index in [1.54, 1.807) is 12.0 Å².